The third-order valence-electron chi connectivity index (χ3n) is 6.46. The van der Waals surface area contributed by atoms with Crippen LogP contribution in [0.25, 0.3) is 11.1 Å². The molecule has 0 fully saturated rings. The number of hydrogen-bond acceptors (Lipinski definition) is 9. The summed E-state index contributed by atoms with van der Waals surface area (Å²) in [5, 5.41) is 17.9. The lowest BCUT2D eigenvalue weighted by Gasteiger charge is -2.47. The van der Waals surface area contributed by atoms with Crippen molar-refractivity contribution in [1.29, 1.82) is 0 Å². The molecule has 0 radical (unpaired) electrons. The van der Waals surface area contributed by atoms with Crippen molar-refractivity contribution < 1.29 is 24.2 Å². The molecule has 3 N–H and O–H groups in total. The van der Waals surface area contributed by atoms with Crippen LogP contribution < -0.4 is 10.6 Å². The highest BCUT2D eigenvalue weighted by molar-refractivity contribution is 7.13. The molecule has 194 valence electrons. The van der Waals surface area contributed by atoms with Gasteiger partial charge in [-0.05, 0) is 51.0 Å². The van der Waals surface area contributed by atoms with Crippen LogP contribution in [0.1, 0.15) is 33.3 Å². The summed E-state index contributed by atoms with van der Waals surface area (Å²) in [7, 11) is 0. The maximum Gasteiger partial charge on any atom is 0.337 e. The van der Waals surface area contributed by atoms with Gasteiger partial charge in [0.15, 0.2) is 5.13 Å². The second kappa shape index (κ2) is 11.0. The zero-order valence-electron chi connectivity index (χ0n) is 21.3. The molecular formula is C28H31N3O5S. The van der Waals surface area contributed by atoms with Gasteiger partial charge in [-0.15, -0.1) is 11.3 Å². The summed E-state index contributed by atoms with van der Waals surface area (Å²) >= 11 is 1.40. The molecule has 0 amide bonds. The number of aromatic nitrogens is 1. The molecule has 2 aromatic rings. The number of thiazole rings is 1. The number of fused-ring (bicyclic) bond motifs is 1. The Kier molecular flexibility index (Phi) is 7.83. The number of carbonyl (C=O) groups excluding carboxylic acids is 2. The molecule has 3 atom stereocenters. The fourth-order valence-corrected chi connectivity index (χ4v) is 5.28. The summed E-state index contributed by atoms with van der Waals surface area (Å²) in [4.78, 5) is 30.5. The van der Waals surface area contributed by atoms with Gasteiger partial charge >= 0.3 is 11.9 Å². The van der Waals surface area contributed by atoms with Gasteiger partial charge in [-0.1, -0.05) is 36.4 Å². The van der Waals surface area contributed by atoms with E-state index in [0.717, 1.165) is 11.1 Å². The molecule has 2 aliphatic carbocycles. The Morgan fingerprint density at radius 2 is 1.86 bits per heavy atom. The summed E-state index contributed by atoms with van der Waals surface area (Å²) in [5.74, 6) is -1.19. The molecule has 1 aromatic heterocycles. The predicted molar refractivity (Wildman–Crippen MR) is 143 cm³/mol. The molecule has 1 aromatic carbocycles. The zero-order valence-corrected chi connectivity index (χ0v) is 22.1. The number of phenols is 1. The van der Waals surface area contributed by atoms with Gasteiger partial charge in [-0.25, -0.2) is 9.78 Å². The van der Waals surface area contributed by atoms with Crippen molar-refractivity contribution in [1.82, 2.24) is 10.3 Å². The number of nitrogens with zero attached hydrogens (tertiary/aromatic N) is 1. The Labute approximate surface area is 220 Å². The molecule has 0 saturated carbocycles. The van der Waals surface area contributed by atoms with Crippen molar-refractivity contribution in [2.75, 3.05) is 18.5 Å². The average Bonchev–Trinajstić information content (AvgIpc) is 3.31. The molecule has 3 unspecified atom stereocenters. The standard InChI is InChI=1S/C22H27N3O4S.C6H4O/c1-5-28-19(26)16-14(3)25-22(4,15-10-8-7-9-11-15)17(20(27)29-6-2)18(16)24-21-23-12-13-30-21;7-6-2-1-4-3-5(4)6/h7-13,17-18,25H,5-6H2,1-4H3,(H,23,24);1-3,7H. The van der Waals surface area contributed by atoms with Crippen molar-refractivity contribution in [3.05, 3.63) is 76.9 Å². The minimum absolute atomic E-state index is 0.236. The fraction of sp³-hybridized carbons (Fsp3) is 0.321. The minimum atomic E-state index is -0.817. The molecule has 5 rings (SSSR count). The topological polar surface area (TPSA) is 110 Å². The number of allylic oxidation sites excluding steroid dienone is 1. The summed E-state index contributed by atoms with van der Waals surface area (Å²) in [6, 6.07) is 14.6. The third-order valence-corrected chi connectivity index (χ3v) is 7.17. The molecule has 8 nitrogen and oxygen atoms in total. The van der Waals surface area contributed by atoms with E-state index in [0.29, 0.717) is 22.2 Å². The van der Waals surface area contributed by atoms with Gasteiger partial charge in [0.25, 0.3) is 0 Å². The lowest BCUT2D eigenvalue weighted by molar-refractivity contribution is -0.152. The van der Waals surface area contributed by atoms with E-state index in [9.17, 15) is 9.59 Å². The fourth-order valence-electron chi connectivity index (χ4n) is 4.72. The molecule has 37 heavy (non-hydrogen) atoms. The second-order valence-corrected chi connectivity index (χ2v) is 9.77. The SMILES string of the molecule is CCOC(=O)C1=C(C)NC(C)(c2ccccc2)C(C(=O)OCC)C1Nc1nccs1.Oc1ccc2cc1-2. The minimum Gasteiger partial charge on any atom is -0.507 e. The first-order valence-electron chi connectivity index (χ1n) is 12.2. The third kappa shape index (κ3) is 5.46. The number of aromatic hydroxyl groups is 1. The Morgan fingerprint density at radius 1 is 1.14 bits per heavy atom. The number of benzene rings is 2. The van der Waals surface area contributed by atoms with Crippen LogP contribution >= 0.6 is 11.3 Å². The summed E-state index contributed by atoms with van der Waals surface area (Å²) in [6.07, 6.45) is 1.67. The van der Waals surface area contributed by atoms with Crippen LogP contribution in [0.2, 0.25) is 0 Å². The Bertz CT molecular complexity index is 1290. The van der Waals surface area contributed by atoms with Crippen LogP contribution in [0.4, 0.5) is 5.13 Å². The van der Waals surface area contributed by atoms with Gasteiger partial charge in [-0.3, -0.25) is 4.79 Å². The molecular weight excluding hydrogens is 490 g/mol. The first-order valence-corrected chi connectivity index (χ1v) is 13.1. The van der Waals surface area contributed by atoms with Gasteiger partial charge in [0, 0.05) is 22.8 Å². The number of rotatable bonds is 7. The summed E-state index contributed by atoms with van der Waals surface area (Å²) in [5.41, 5.74) is 3.34. The van der Waals surface area contributed by atoms with Crippen LogP contribution in [0.5, 0.6) is 5.75 Å². The lowest BCUT2D eigenvalue weighted by Crippen LogP contribution is -2.60. The number of esters is 2. The smallest absolute Gasteiger partial charge is 0.337 e. The summed E-state index contributed by atoms with van der Waals surface area (Å²) in [6.45, 7) is 7.77. The van der Waals surface area contributed by atoms with E-state index in [2.05, 4.69) is 15.6 Å². The number of carbonyl (C=O) groups is 2. The number of nitrogens with one attached hydrogen (secondary N) is 2. The van der Waals surface area contributed by atoms with Crippen LogP contribution in [-0.2, 0) is 24.6 Å². The Balaban J connectivity index is 0.000000387. The lowest BCUT2D eigenvalue weighted by atomic mass is 9.70. The quantitative estimate of drug-likeness (QED) is 0.297. The Hall–Kier alpha value is -3.85. The van der Waals surface area contributed by atoms with E-state index in [1.807, 2.05) is 61.7 Å². The van der Waals surface area contributed by atoms with E-state index in [-0.39, 0.29) is 13.2 Å². The van der Waals surface area contributed by atoms with Crippen molar-refractivity contribution in [3.8, 4) is 16.9 Å². The number of hydrogen-bond donors (Lipinski definition) is 3. The van der Waals surface area contributed by atoms with E-state index in [1.54, 1.807) is 26.1 Å². The number of anilines is 1. The number of phenolic OH excluding ortho intramolecular Hbond substituents is 1. The van der Waals surface area contributed by atoms with Gasteiger partial charge in [-0.2, -0.15) is 0 Å². The zero-order chi connectivity index (χ0) is 26.6. The van der Waals surface area contributed by atoms with Crippen molar-refractivity contribution in [2.24, 2.45) is 5.92 Å². The normalized spacial score (nSPS) is 21.2. The molecule has 9 heteroatoms. The predicted octanol–water partition coefficient (Wildman–Crippen LogP) is 4.83. The van der Waals surface area contributed by atoms with Gasteiger partial charge in [0.2, 0.25) is 0 Å². The van der Waals surface area contributed by atoms with Crippen LogP contribution in [-0.4, -0.2) is 41.3 Å². The van der Waals surface area contributed by atoms with E-state index >= 15 is 0 Å². The summed E-state index contributed by atoms with van der Waals surface area (Å²) < 4.78 is 10.8. The van der Waals surface area contributed by atoms with Gasteiger partial charge in [0.1, 0.15) is 11.7 Å². The largest absolute Gasteiger partial charge is 0.507 e. The first kappa shape index (κ1) is 26.2. The maximum absolute atomic E-state index is 13.3. The highest BCUT2D eigenvalue weighted by Gasteiger charge is 2.53. The first-order chi connectivity index (χ1) is 17.8. The van der Waals surface area contributed by atoms with Crippen LogP contribution in [0.15, 0.2) is 71.4 Å². The van der Waals surface area contributed by atoms with Crippen LogP contribution in [0.3, 0.4) is 0 Å². The van der Waals surface area contributed by atoms with E-state index < -0.39 is 29.4 Å². The van der Waals surface area contributed by atoms with Crippen molar-refractivity contribution in [3.63, 3.8) is 0 Å². The molecule has 0 spiro atoms. The average molecular weight is 522 g/mol. The monoisotopic (exact) mass is 521 g/mol. The molecule has 1 aliphatic heterocycles. The number of ether oxygens (including phenoxy) is 2. The highest BCUT2D eigenvalue weighted by Crippen LogP contribution is 2.43. The van der Waals surface area contributed by atoms with Crippen LogP contribution in [0, 0.1) is 5.92 Å². The van der Waals surface area contributed by atoms with Crippen molar-refractivity contribution in [2.45, 2.75) is 39.3 Å². The van der Waals surface area contributed by atoms with Gasteiger partial charge in [0.05, 0.1) is 30.4 Å². The molecule has 0 bridgehead atoms. The second-order valence-electron chi connectivity index (χ2n) is 8.87. The van der Waals surface area contributed by atoms with Crippen molar-refractivity contribution >= 4 is 28.4 Å². The molecule has 0 saturated heterocycles. The maximum atomic E-state index is 13.3. The molecule has 3 aliphatic rings. The van der Waals surface area contributed by atoms with E-state index in [4.69, 9.17) is 14.6 Å². The Morgan fingerprint density at radius 3 is 2.38 bits per heavy atom. The molecule has 2 heterocycles. The highest BCUT2D eigenvalue weighted by atomic mass is 32.1. The van der Waals surface area contributed by atoms with Gasteiger partial charge < -0.3 is 25.2 Å². The van der Waals surface area contributed by atoms with E-state index in [1.165, 1.54) is 16.9 Å².